The summed E-state index contributed by atoms with van der Waals surface area (Å²) < 4.78 is 25.3. The number of benzene rings is 2. The van der Waals surface area contributed by atoms with Gasteiger partial charge in [0.05, 0.1) is 11.1 Å². The van der Waals surface area contributed by atoms with Gasteiger partial charge in [0.15, 0.2) is 0 Å². The first-order valence-corrected chi connectivity index (χ1v) is 9.05. The first-order chi connectivity index (χ1) is 12.1. The Bertz CT molecular complexity index is 700. The van der Waals surface area contributed by atoms with Crippen LogP contribution in [0.25, 0.3) is 0 Å². The minimum atomic E-state index is -0.375. The fraction of sp³-hybridized carbons (Fsp3) is 0.368. The number of hydrogen-bond acceptors (Lipinski definition) is 3. The average Bonchev–Trinajstić information content (AvgIpc) is 3.09. The molecular formula is C19H20Cl2FNO2. The van der Waals surface area contributed by atoms with Gasteiger partial charge in [0.2, 0.25) is 0 Å². The second-order valence-electron chi connectivity index (χ2n) is 6.01. The van der Waals surface area contributed by atoms with Gasteiger partial charge in [-0.05, 0) is 43.2 Å². The van der Waals surface area contributed by atoms with Gasteiger partial charge in [-0.1, -0.05) is 29.3 Å². The van der Waals surface area contributed by atoms with Gasteiger partial charge in [0.25, 0.3) is 0 Å². The molecule has 0 aromatic heterocycles. The van der Waals surface area contributed by atoms with Gasteiger partial charge in [-0.3, -0.25) is 0 Å². The molecule has 0 amide bonds. The van der Waals surface area contributed by atoms with Gasteiger partial charge < -0.3 is 14.8 Å². The molecule has 0 spiro atoms. The zero-order valence-corrected chi connectivity index (χ0v) is 15.2. The van der Waals surface area contributed by atoms with E-state index < -0.39 is 0 Å². The first kappa shape index (κ1) is 18.5. The monoisotopic (exact) mass is 383 g/mol. The molecule has 0 bridgehead atoms. The molecule has 1 fully saturated rings. The van der Waals surface area contributed by atoms with Crippen LogP contribution in [0.3, 0.4) is 0 Å². The van der Waals surface area contributed by atoms with Gasteiger partial charge in [-0.25, -0.2) is 4.39 Å². The molecule has 1 aliphatic heterocycles. The van der Waals surface area contributed by atoms with Crippen LogP contribution < -0.4 is 10.1 Å². The molecule has 1 N–H and O–H groups in total. The second-order valence-corrected chi connectivity index (χ2v) is 6.85. The SMILES string of the molecule is Fc1cccc(Cl)c1COc1ccc(Cl)cc1CNCC1CCCO1. The number of nitrogens with one attached hydrogen (secondary N) is 1. The Hall–Kier alpha value is -1.33. The smallest absolute Gasteiger partial charge is 0.131 e. The van der Waals surface area contributed by atoms with Gasteiger partial charge in [0, 0.05) is 35.8 Å². The summed E-state index contributed by atoms with van der Waals surface area (Å²) in [5.74, 6) is 0.281. The lowest BCUT2D eigenvalue weighted by Crippen LogP contribution is -2.26. The Morgan fingerprint density at radius 3 is 2.88 bits per heavy atom. The van der Waals surface area contributed by atoms with Crippen LogP contribution in [-0.2, 0) is 17.9 Å². The Morgan fingerprint density at radius 2 is 2.12 bits per heavy atom. The Balaban J connectivity index is 1.64. The lowest BCUT2D eigenvalue weighted by atomic mass is 10.2. The topological polar surface area (TPSA) is 30.5 Å². The van der Waals surface area contributed by atoms with E-state index in [9.17, 15) is 4.39 Å². The maximum absolute atomic E-state index is 13.9. The molecule has 134 valence electrons. The molecule has 25 heavy (non-hydrogen) atoms. The van der Waals surface area contributed by atoms with Crippen molar-refractivity contribution in [3.63, 3.8) is 0 Å². The standard InChI is InChI=1S/C19H20Cl2FNO2/c20-14-6-7-19(25-12-16-17(21)4-1-5-18(16)22)13(9-14)10-23-11-15-3-2-8-24-15/h1,4-7,9,15,23H,2-3,8,10-12H2. The van der Waals surface area contributed by atoms with E-state index in [1.54, 1.807) is 24.3 Å². The molecule has 1 heterocycles. The van der Waals surface area contributed by atoms with E-state index in [0.717, 1.165) is 31.6 Å². The molecule has 1 saturated heterocycles. The summed E-state index contributed by atoms with van der Waals surface area (Å²) in [6.07, 6.45) is 2.46. The minimum absolute atomic E-state index is 0.0614. The third kappa shape index (κ3) is 5.08. The molecule has 6 heteroatoms. The molecule has 2 aromatic carbocycles. The van der Waals surface area contributed by atoms with Crippen molar-refractivity contribution >= 4 is 23.2 Å². The van der Waals surface area contributed by atoms with Crippen molar-refractivity contribution in [1.82, 2.24) is 5.32 Å². The Labute approximate surface area is 157 Å². The van der Waals surface area contributed by atoms with E-state index in [1.165, 1.54) is 6.07 Å². The Morgan fingerprint density at radius 1 is 1.24 bits per heavy atom. The minimum Gasteiger partial charge on any atom is -0.488 e. The molecule has 1 unspecified atom stereocenters. The highest BCUT2D eigenvalue weighted by Crippen LogP contribution is 2.26. The molecule has 0 radical (unpaired) electrons. The van der Waals surface area contributed by atoms with Crippen molar-refractivity contribution in [3.8, 4) is 5.75 Å². The summed E-state index contributed by atoms with van der Waals surface area (Å²) >= 11 is 12.2. The third-order valence-electron chi connectivity index (χ3n) is 4.17. The molecule has 2 aromatic rings. The van der Waals surface area contributed by atoms with E-state index in [1.807, 2.05) is 6.07 Å². The van der Waals surface area contributed by atoms with E-state index in [4.69, 9.17) is 32.7 Å². The lowest BCUT2D eigenvalue weighted by Gasteiger charge is -2.15. The van der Waals surface area contributed by atoms with Crippen molar-refractivity contribution in [2.75, 3.05) is 13.2 Å². The van der Waals surface area contributed by atoms with Gasteiger partial charge in [-0.15, -0.1) is 0 Å². The van der Waals surface area contributed by atoms with Crippen molar-refractivity contribution in [2.24, 2.45) is 0 Å². The number of hydrogen-bond donors (Lipinski definition) is 1. The summed E-state index contributed by atoms with van der Waals surface area (Å²) in [4.78, 5) is 0. The lowest BCUT2D eigenvalue weighted by molar-refractivity contribution is 0.110. The molecule has 3 rings (SSSR count). The van der Waals surface area contributed by atoms with Crippen LogP contribution in [0.5, 0.6) is 5.75 Å². The van der Waals surface area contributed by atoms with Crippen molar-refractivity contribution in [1.29, 1.82) is 0 Å². The van der Waals surface area contributed by atoms with E-state index in [2.05, 4.69) is 5.32 Å². The van der Waals surface area contributed by atoms with Crippen molar-refractivity contribution in [3.05, 3.63) is 63.4 Å². The van der Waals surface area contributed by atoms with Crippen LogP contribution >= 0.6 is 23.2 Å². The van der Waals surface area contributed by atoms with Crippen LogP contribution in [-0.4, -0.2) is 19.3 Å². The fourth-order valence-corrected chi connectivity index (χ4v) is 3.23. The zero-order valence-electron chi connectivity index (χ0n) is 13.7. The Kier molecular flexibility index (Phi) is 6.54. The second kappa shape index (κ2) is 8.86. The van der Waals surface area contributed by atoms with Gasteiger partial charge in [-0.2, -0.15) is 0 Å². The normalized spacial score (nSPS) is 17.0. The van der Waals surface area contributed by atoms with Crippen LogP contribution in [0.15, 0.2) is 36.4 Å². The summed E-state index contributed by atoms with van der Waals surface area (Å²) in [6, 6.07) is 9.99. The van der Waals surface area contributed by atoms with E-state index in [-0.39, 0.29) is 18.5 Å². The van der Waals surface area contributed by atoms with E-state index >= 15 is 0 Å². The summed E-state index contributed by atoms with van der Waals surface area (Å²) in [6.45, 7) is 2.28. The quantitative estimate of drug-likeness (QED) is 0.731. The highest BCUT2D eigenvalue weighted by molar-refractivity contribution is 6.31. The van der Waals surface area contributed by atoms with Crippen LogP contribution in [0, 0.1) is 5.82 Å². The highest BCUT2D eigenvalue weighted by atomic mass is 35.5. The molecular weight excluding hydrogens is 364 g/mol. The third-order valence-corrected chi connectivity index (χ3v) is 4.76. The molecule has 3 nitrogen and oxygen atoms in total. The predicted octanol–water partition coefficient (Wildman–Crippen LogP) is 4.98. The largest absolute Gasteiger partial charge is 0.488 e. The van der Waals surface area contributed by atoms with Gasteiger partial charge in [0.1, 0.15) is 18.2 Å². The van der Waals surface area contributed by atoms with Gasteiger partial charge >= 0.3 is 0 Å². The van der Waals surface area contributed by atoms with E-state index in [0.29, 0.717) is 27.9 Å². The number of halogens is 3. The maximum Gasteiger partial charge on any atom is 0.131 e. The van der Waals surface area contributed by atoms with Crippen LogP contribution in [0.1, 0.15) is 24.0 Å². The van der Waals surface area contributed by atoms with Crippen molar-refractivity contribution in [2.45, 2.75) is 32.1 Å². The fourth-order valence-electron chi connectivity index (χ4n) is 2.82. The molecule has 0 aliphatic carbocycles. The number of ether oxygens (including phenoxy) is 2. The summed E-state index contributed by atoms with van der Waals surface area (Å²) in [5, 5.41) is 4.35. The molecule has 1 aliphatic rings. The van der Waals surface area contributed by atoms with Crippen molar-refractivity contribution < 1.29 is 13.9 Å². The van der Waals surface area contributed by atoms with Crippen LogP contribution in [0.2, 0.25) is 10.0 Å². The van der Waals surface area contributed by atoms with Crippen LogP contribution in [0.4, 0.5) is 4.39 Å². The number of rotatable bonds is 7. The highest BCUT2D eigenvalue weighted by Gasteiger charge is 2.15. The maximum atomic E-state index is 13.9. The molecule has 0 saturated carbocycles. The predicted molar refractivity (Wildman–Crippen MR) is 97.9 cm³/mol. The first-order valence-electron chi connectivity index (χ1n) is 8.30. The zero-order chi connectivity index (χ0) is 17.6. The average molecular weight is 384 g/mol. The summed E-state index contributed by atoms with van der Waals surface area (Å²) in [5.41, 5.74) is 1.26. The summed E-state index contributed by atoms with van der Waals surface area (Å²) in [7, 11) is 0. The molecule has 1 atom stereocenters.